The highest BCUT2D eigenvalue weighted by Gasteiger charge is 2.47. The molecule has 3 aromatic rings. The summed E-state index contributed by atoms with van der Waals surface area (Å²) in [7, 11) is 1.54. The number of benzene rings is 3. The Kier molecular flexibility index (Phi) is 5.69. The molecule has 1 heterocycles. The lowest BCUT2D eigenvalue weighted by molar-refractivity contribution is -0.132. The van der Waals surface area contributed by atoms with Crippen LogP contribution in [0.3, 0.4) is 0 Å². The maximum Gasteiger partial charge on any atom is 0.300 e. The number of ether oxygens (including phenoxy) is 1. The Hall–Kier alpha value is -4.06. The van der Waals surface area contributed by atoms with E-state index in [0.717, 1.165) is 12.0 Å². The van der Waals surface area contributed by atoms with E-state index in [1.165, 1.54) is 24.1 Å². The van der Waals surface area contributed by atoms with Crippen molar-refractivity contribution >= 4 is 23.1 Å². The Morgan fingerprint density at radius 2 is 1.69 bits per heavy atom. The molecule has 2 N–H and O–H groups in total. The van der Waals surface area contributed by atoms with E-state index in [-0.39, 0.29) is 17.1 Å². The molecule has 0 spiro atoms. The van der Waals surface area contributed by atoms with Gasteiger partial charge in [0.2, 0.25) is 0 Å². The van der Waals surface area contributed by atoms with Crippen molar-refractivity contribution in [1.29, 1.82) is 0 Å². The molecule has 32 heavy (non-hydrogen) atoms. The fraction of sp³-hybridized carbons (Fsp3) is 0.154. The third-order valence-electron chi connectivity index (χ3n) is 5.62. The van der Waals surface area contributed by atoms with Gasteiger partial charge in [-0.25, -0.2) is 0 Å². The van der Waals surface area contributed by atoms with Crippen LogP contribution in [0.1, 0.15) is 29.7 Å². The van der Waals surface area contributed by atoms with E-state index >= 15 is 0 Å². The van der Waals surface area contributed by atoms with Crippen molar-refractivity contribution in [2.45, 2.75) is 19.4 Å². The van der Waals surface area contributed by atoms with E-state index in [4.69, 9.17) is 4.74 Å². The minimum Gasteiger partial charge on any atom is -0.508 e. The van der Waals surface area contributed by atoms with Gasteiger partial charge in [-0.3, -0.25) is 14.5 Å². The number of Topliss-reactive ketones (excluding diaryl/α,β-unsaturated/α-hetero) is 1. The number of anilines is 1. The van der Waals surface area contributed by atoms with Crippen LogP contribution in [-0.2, 0) is 16.0 Å². The summed E-state index contributed by atoms with van der Waals surface area (Å²) in [6, 6.07) is 19.4. The van der Waals surface area contributed by atoms with Crippen LogP contribution in [0, 0.1) is 0 Å². The normalized spacial score (nSPS) is 17.6. The molecule has 0 aromatic heterocycles. The van der Waals surface area contributed by atoms with E-state index in [1.54, 1.807) is 48.5 Å². The van der Waals surface area contributed by atoms with Crippen molar-refractivity contribution in [2.75, 3.05) is 12.0 Å². The average molecular weight is 429 g/mol. The second-order valence-corrected chi connectivity index (χ2v) is 7.51. The zero-order valence-electron chi connectivity index (χ0n) is 17.8. The average Bonchev–Trinajstić information content (AvgIpc) is 3.09. The maximum atomic E-state index is 13.1. The number of ketones is 1. The van der Waals surface area contributed by atoms with Gasteiger partial charge in [0.1, 0.15) is 17.3 Å². The molecule has 0 aliphatic carbocycles. The Morgan fingerprint density at radius 1 is 1.00 bits per heavy atom. The second-order valence-electron chi connectivity index (χ2n) is 7.51. The van der Waals surface area contributed by atoms with Gasteiger partial charge in [-0.1, -0.05) is 43.3 Å². The zero-order valence-corrected chi connectivity index (χ0v) is 17.8. The molecule has 6 nitrogen and oxygen atoms in total. The summed E-state index contributed by atoms with van der Waals surface area (Å²) >= 11 is 0. The molecule has 6 heteroatoms. The number of phenols is 1. The van der Waals surface area contributed by atoms with Gasteiger partial charge in [-0.15, -0.1) is 0 Å². The third kappa shape index (κ3) is 3.71. The number of carbonyl (C=O) groups excluding carboxylic acids is 2. The molecule has 1 unspecified atom stereocenters. The van der Waals surface area contributed by atoms with E-state index in [2.05, 4.69) is 0 Å². The molecule has 1 atom stereocenters. The summed E-state index contributed by atoms with van der Waals surface area (Å²) in [5, 5.41) is 21.2. The first kappa shape index (κ1) is 21.2. The third-order valence-corrected chi connectivity index (χ3v) is 5.62. The van der Waals surface area contributed by atoms with Crippen LogP contribution in [0.15, 0.2) is 78.4 Å². The van der Waals surface area contributed by atoms with Crippen LogP contribution < -0.4 is 9.64 Å². The summed E-state index contributed by atoms with van der Waals surface area (Å²) in [6.45, 7) is 2.02. The number of amides is 1. The molecule has 0 bridgehead atoms. The van der Waals surface area contributed by atoms with Gasteiger partial charge in [0.15, 0.2) is 0 Å². The van der Waals surface area contributed by atoms with Crippen molar-refractivity contribution in [3.05, 3.63) is 95.1 Å². The lowest BCUT2D eigenvalue weighted by atomic mass is 9.94. The Bertz CT molecular complexity index is 1200. The van der Waals surface area contributed by atoms with Gasteiger partial charge in [0.05, 0.1) is 18.7 Å². The topological polar surface area (TPSA) is 87.1 Å². The maximum absolute atomic E-state index is 13.1. The zero-order chi connectivity index (χ0) is 22.8. The van der Waals surface area contributed by atoms with Crippen LogP contribution in [0.2, 0.25) is 0 Å². The first-order valence-electron chi connectivity index (χ1n) is 10.3. The Balaban J connectivity index is 1.90. The SMILES string of the molecule is CCc1ccc(/C(O)=C2/C(=O)C(=O)N(c3ccc(OC)cc3)C2c2cccc(O)c2)cc1. The lowest BCUT2D eigenvalue weighted by Gasteiger charge is -2.25. The highest BCUT2D eigenvalue weighted by Crippen LogP contribution is 2.43. The summed E-state index contributed by atoms with van der Waals surface area (Å²) in [5.74, 6) is -1.19. The molecule has 1 aliphatic rings. The van der Waals surface area contributed by atoms with Gasteiger partial charge in [0, 0.05) is 11.3 Å². The minimum absolute atomic E-state index is 0.00452. The number of carbonyl (C=O) groups is 2. The predicted octanol–water partition coefficient (Wildman–Crippen LogP) is 4.59. The fourth-order valence-electron chi connectivity index (χ4n) is 3.91. The molecular formula is C26H23NO5. The van der Waals surface area contributed by atoms with Crippen LogP contribution in [0.5, 0.6) is 11.5 Å². The predicted molar refractivity (Wildman–Crippen MR) is 122 cm³/mol. The van der Waals surface area contributed by atoms with Gasteiger partial charge >= 0.3 is 0 Å². The van der Waals surface area contributed by atoms with Crippen LogP contribution >= 0.6 is 0 Å². The molecule has 4 rings (SSSR count). The smallest absolute Gasteiger partial charge is 0.300 e. The van der Waals surface area contributed by atoms with E-state index in [0.29, 0.717) is 22.6 Å². The largest absolute Gasteiger partial charge is 0.508 e. The standard InChI is InChI=1S/C26H23NO5/c1-3-16-7-9-17(10-8-16)24(29)22-23(18-5-4-6-20(28)15-18)27(26(31)25(22)30)19-11-13-21(32-2)14-12-19/h4-15,23,28-29H,3H2,1-2H3/b24-22-. The fourth-order valence-corrected chi connectivity index (χ4v) is 3.91. The number of hydrogen-bond acceptors (Lipinski definition) is 5. The van der Waals surface area contributed by atoms with E-state index < -0.39 is 17.7 Å². The number of aryl methyl sites for hydroxylation is 1. The Morgan fingerprint density at radius 3 is 2.28 bits per heavy atom. The molecule has 1 fully saturated rings. The number of rotatable bonds is 5. The second kappa shape index (κ2) is 8.59. The van der Waals surface area contributed by atoms with Gasteiger partial charge in [-0.2, -0.15) is 0 Å². The number of phenolic OH excluding ortho intramolecular Hbond substituents is 1. The van der Waals surface area contributed by atoms with Crippen molar-refractivity contribution < 1.29 is 24.5 Å². The highest BCUT2D eigenvalue weighted by molar-refractivity contribution is 6.51. The number of aliphatic hydroxyl groups excluding tert-OH is 1. The summed E-state index contributed by atoms with van der Waals surface area (Å²) in [4.78, 5) is 27.6. The van der Waals surface area contributed by atoms with Crippen LogP contribution in [0.4, 0.5) is 5.69 Å². The Labute approximate surface area is 186 Å². The summed E-state index contributed by atoms with van der Waals surface area (Å²) in [5.41, 5.74) is 2.49. The minimum atomic E-state index is -0.902. The summed E-state index contributed by atoms with van der Waals surface area (Å²) < 4.78 is 5.19. The van der Waals surface area contributed by atoms with Gasteiger partial charge < -0.3 is 14.9 Å². The number of aliphatic hydroxyl groups is 1. The van der Waals surface area contributed by atoms with Gasteiger partial charge in [-0.05, 0) is 53.9 Å². The first-order valence-corrected chi connectivity index (χ1v) is 10.3. The number of methoxy groups -OCH3 is 1. The van der Waals surface area contributed by atoms with Crippen molar-refractivity contribution in [1.82, 2.24) is 0 Å². The van der Waals surface area contributed by atoms with Gasteiger partial charge in [0.25, 0.3) is 11.7 Å². The van der Waals surface area contributed by atoms with Crippen LogP contribution in [0.25, 0.3) is 5.76 Å². The molecule has 162 valence electrons. The monoisotopic (exact) mass is 429 g/mol. The lowest BCUT2D eigenvalue weighted by Crippen LogP contribution is -2.29. The molecule has 0 radical (unpaired) electrons. The number of hydrogen-bond donors (Lipinski definition) is 2. The highest BCUT2D eigenvalue weighted by atomic mass is 16.5. The molecule has 1 amide bonds. The van der Waals surface area contributed by atoms with Crippen molar-refractivity contribution in [3.63, 3.8) is 0 Å². The molecule has 3 aromatic carbocycles. The summed E-state index contributed by atoms with van der Waals surface area (Å²) in [6.07, 6.45) is 0.839. The quantitative estimate of drug-likeness (QED) is 0.352. The first-order chi connectivity index (χ1) is 15.4. The number of aromatic hydroxyl groups is 1. The van der Waals surface area contributed by atoms with Crippen molar-refractivity contribution in [3.8, 4) is 11.5 Å². The van der Waals surface area contributed by atoms with E-state index in [1.807, 2.05) is 19.1 Å². The van der Waals surface area contributed by atoms with E-state index in [9.17, 15) is 19.8 Å². The van der Waals surface area contributed by atoms with Crippen LogP contribution in [-0.4, -0.2) is 29.0 Å². The van der Waals surface area contributed by atoms with Crippen molar-refractivity contribution in [2.24, 2.45) is 0 Å². The molecule has 1 saturated heterocycles. The molecule has 1 aliphatic heterocycles. The molecular weight excluding hydrogens is 406 g/mol. The molecule has 0 saturated carbocycles. The number of nitrogens with zero attached hydrogens (tertiary/aromatic N) is 1.